The fourth-order valence-electron chi connectivity index (χ4n) is 4.04. The zero-order chi connectivity index (χ0) is 19.5. The van der Waals surface area contributed by atoms with Gasteiger partial charge in [-0.05, 0) is 60.6 Å². The Hall–Kier alpha value is -2.04. The Morgan fingerprint density at radius 2 is 2.07 bits per heavy atom. The third kappa shape index (κ3) is 4.50. The highest BCUT2D eigenvalue weighted by atomic mass is 35.5. The minimum absolute atomic E-state index is 0.0492. The maximum Gasteiger partial charge on any atom is 0.226 e. The Balaban J connectivity index is 1.47. The van der Waals surface area contributed by atoms with Gasteiger partial charge >= 0.3 is 0 Å². The molecular formula is C23H26ClNO3. The molecule has 0 N–H and O–H groups in total. The monoisotopic (exact) mass is 399 g/mol. The lowest BCUT2D eigenvalue weighted by Crippen LogP contribution is -2.38. The van der Waals surface area contributed by atoms with Crippen LogP contribution in [0, 0.1) is 5.92 Å². The third-order valence-corrected chi connectivity index (χ3v) is 5.93. The molecule has 1 aliphatic carbocycles. The topological polar surface area (TPSA) is 38.8 Å². The minimum atomic E-state index is 0.0492. The molecule has 1 saturated carbocycles. The van der Waals surface area contributed by atoms with E-state index in [9.17, 15) is 4.79 Å². The molecule has 0 aromatic heterocycles. The number of ether oxygens (including phenoxy) is 2. The van der Waals surface area contributed by atoms with Crippen molar-refractivity contribution in [2.24, 2.45) is 5.92 Å². The molecule has 2 aromatic rings. The van der Waals surface area contributed by atoms with Crippen molar-refractivity contribution in [3.8, 4) is 5.75 Å². The van der Waals surface area contributed by atoms with Gasteiger partial charge in [0.05, 0.1) is 13.2 Å². The van der Waals surface area contributed by atoms with Crippen molar-refractivity contribution in [3.63, 3.8) is 0 Å². The summed E-state index contributed by atoms with van der Waals surface area (Å²) >= 11 is 6.00. The number of carbonyl (C=O) groups excluding carboxylic acids is 1. The summed E-state index contributed by atoms with van der Waals surface area (Å²) in [5.74, 6) is 1.38. The zero-order valence-corrected chi connectivity index (χ0v) is 16.9. The van der Waals surface area contributed by atoms with Gasteiger partial charge in [-0.3, -0.25) is 4.79 Å². The first-order valence-corrected chi connectivity index (χ1v) is 10.3. The Morgan fingerprint density at radius 1 is 1.25 bits per heavy atom. The largest absolute Gasteiger partial charge is 0.497 e. The fourth-order valence-corrected chi connectivity index (χ4v) is 4.16. The molecule has 1 aliphatic heterocycles. The van der Waals surface area contributed by atoms with Crippen molar-refractivity contribution in [2.75, 3.05) is 20.3 Å². The molecule has 148 valence electrons. The predicted molar refractivity (Wildman–Crippen MR) is 110 cm³/mol. The molecular weight excluding hydrogens is 374 g/mol. The van der Waals surface area contributed by atoms with E-state index >= 15 is 0 Å². The summed E-state index contributed by atoms with van der Waals surface area (Å²) in [5.41, 5.74) is 2.27. The maximum absolute atomic E-state index is 13.3. The van der Waals surface area contributed by atoms with Gasteiger partial charge in [0.2, 0.25) is 5.91 Å². The average Bonchev–Trinajstić information content (AvgIpc) is 3.35. The van der Waals surface area contributed by atoms with Gasteiger partial charge in [0, 0.05) is 30.6 Å². The highest BCUT2D eigenvalue weighted by Crippen LogP contribution is 2.48. The van der Waals surface area contributed by atoms with Crippen LogP contribution in [0.3, 0.4) is 0 Å². The highest BCUT2D eigenvalue weighted by molar-refractivity contribution is 6.30. The third-order valence-electron chi connectivity index (χ3n) is 5.67. The smallest absolute Gasteiger partial charge is 0.226 e. The van der Waals surface area contributed by atoms with Crippen molar-refractivity contribution >= 4 is 17.5 Å². The molecule has 2 aromatic carbocycles. The van der Waals surface area contributed by atoms with Crippen molar-refractivity contribution in [1.29, 1.82) is 0 Å². The number of hydrogen-bond acceptors (Lipinski definition) is 3. The summed E-state index contributed by atoms with van der Waals surface area (Å²) in [6, 6.07) is 15.8. The van der Waals surface area contributed by atoms with E-state index < -0.39 is 0 Å². The first-order valence-electron chi connectivity index (χ1n) is 9.93. The van der Waals surface area contributed by atoms with Gasteiger partial charge in [0.25, 0.3) is 0 Å². The Bertz CT molecular complexity index is 817. The zero-order valence-electron chi connectivity index (χ0n) is 16.1. The Kier molecular flexibility index (Phi) is 5.88. The number of rotatable bonds is 7. The van der Waals surface area contributed by atoms with Crippen LogP contribution in [0.4, 0.5) is 0 Å². The summed E-state index contributed by atoms with van der Waals surface area (Å²) in [6.07, 6.45) is 3.14. The summed E-state index contributed by atoms with van der Waals surface area (Å²) in [5, 5.41) is 0.727. The van der Waals surface area contributed by atoms with E-state index in [1.807, 2.05) is 53.4 Å². The van der Waals surface area contributed by atoms with E-state index in [1.165, 1.54) is 5.56 Å². The number of amides is 1. The second kappa shape index (κ2) is 8.54. The van der Waals surface area contributed by atoms with Gasteiger partial charge in [-0.1, -0.05) is 35.9 Å². The van der Waals surface area contributed by atoms with Crippen LogP contribution >= 0.6 is 11.6 Å². The summed E-state index contributed by atoms with van der Waals surface area (Å²) in [7, 11) is 1.66. The molecule has 0 bridgehead atoms. The molecule has 2 aliphatic rings. The number of hydrogen-bond donors (Lipinski definition) is 0. The normalized spacial score (nSPS) is 23.4. The van der Waals surface area contributed by atoms with E-state index in [1.54, 1.807) is 7.11 Å². The van der Waals surface area contributed by atoms with E-state index in [2.05, 4.69) is 0 Å². The number of nitrogens with zero attached hydrogens (tertiary/aromatic N) is 1. The van der Waals surface area contributed by atoms with E-state index in [0.717, 1.165) is 42.2 Å². The molecule has 1 heterocycles. The van der Waals surface area contributed by atoms with Crippen molar-refractivity contribution in [3.05, 3.63) is 64.7 Å². The lowest BCUT2D eigenvalue weighted by molar-refractivity contribution is -0.135. The maximum atomic E-state index is 13.3. The molecule has 2 fully saturated rings. The highest BCUT2D eigenvalue weighted by Gasteiger charge is 2.46. The quantitative estimate of drug-likeness (QED) is 0.679. The van der Waals surface area contributed by atoms with Crippen LogP contribution < -0.4 is 4.74 Å². The summed E-state index contributed by atoms with van der Waals surface area (Å²) < 4.78 is 11.1. The van der Waals surface area contributed by atoms with Crippen LogP contribution in [0.5, 0.6) is 5.75 Å². The molecule has 0 spiro atoms. The number of carbonyl (C=O) groups is 1. The molecule has 0 radical (unpaired) electrons. The van der Waals surface area contributed by atoms with Gasteiger partial charge in [-0.2, -0.15) is 0 Å². The first-order chi connectivity index (χ1) is 13.6. The van der Waals surface area contributed by atoms with Crippen molar-refractivity contribution in [2.45, 2.75) is 37.8 Å². The first kappa shape index (κ1) is 19.3. The molecule has 3 atom stereocenters. The molecule has 1 amide bonds. The van der Waals surface area contributed by atoms with Crippen LogP contribution in [0.25, 0.3) is 0 Å². The van der Waals surface area contributed by atoms with Crippen LogP contribution in [-0.2, 0) is 16.1 Å². The van der Waals surface area contributed by atoms with Gasteiger partial charge < -0.3 is 14.4 Å². The molecule has 28 heavy (non-hydrogen) atoms. The number of benzene rings is 2. The number of halogens is 1. The second-order valence-corrected chi connectivity index (χ2v) is 8.14. The van der Waals surface area contributed by atoms with Gasteiger partial charge in [-0.25, -0.2) is 0 Å². The van der Waals surface area contributed by atoms with Crippen molar-refractivity contribution in [1.82, 2.24) is 4.90 Å². The summed E-state index contributed by atoms with van der Waals surface area (Å²) in [6.45, 7) is 2.03. The Morgan fingerprint density at radius 3 is 2.79 bits per heavy atom. The van der Waals surface area contributed by atoms with Crippen LogP contribution in [0.2, 0.25) is 5.02 Å². The van der Waals surface area contributed by atoms with E-state index in [0.29, 0.717) is 19.0 Å². The number of methoxy groups -OCH3 is 1. The Labute approximate surface area is 171 Å². The van der Waals surface area contributed by atoms with Gasteiger partial charge in [0.15, 0.2) is 0 Å². The minimum Gasteiger partial charge on any atom is -0.497 e. The molecule has 1 saturated heterocycles. The van der Waals surface area contributed by atoms with Crippen LogP contribution in [0.1, 0.15) is 36.3 Å². The van der Waals surface area contributed by atoms with Gasteiger partial charge in [-0.15, -0.1) is 0 Å². The standard InChI is InChI=1S/C23H26ClNO3/c1-27-19-5-2-4-16(12-19)14-25(15-20-6-3-11-28-20)23(26)22-13-21(22)17-7-9-18(24)10-8-17/h2,4-5,7-10,12,20-22H,3,6,11,13-15H2,1H3. The van der Waals surface area contributed by atoms with Gasteiger partial charge in [0.1, 0.15) is 5.75 Å². The fraction of sp³-hybridized carbons (Fsp3) is 0.435. The van der Waals surface area contributed by atoms with Crippen LogP contribution in [0.15, 0.2) is 48.5 Å². The predicted octanol–water partition coefficient (Wildman–Crippen LogP) is 4.66. The second-order valence-electron chi connectivity index (χ2n) is 7.71. The lowest BCUT2D eigenvalue weighted by atomic mass is 10.1. The average molecular weight is 400 g/mol. The molecule has 4 rings (SSSR count). The van der Waals surface area contributed by atoms with E-state index in [4.69, 9.17) is 21.1 Å². The molecule has 4 nitrogen and oxygen atoms in total. The van der Waals surface area contributed by atoms with Crippen LogP contribution in [-0.4, -0.2) is 37.2 Å². The summed E-state index contributed by atoms with van der Waals surface area (Å²) in [4.78, 5) is 15.3. The molecule has 3 unspecified atom stereocenters. The SMILES string of the molecule is COc1cccc(CN(CC2CCCO2)C(=O)C2CC2c2ccc(Cl)cc2)c1. The lowest BCUT2D eigenvalue weighted by Gasteiger charge is -2.26. The molecule has 5 heteroatoms. The van der Waals surface area contributed by atoms with Crippen molar-refractivity contribution < 1.29 is 14.3 Å². The van der Waals surface area contributed by atoms with E-state index in [-0.39, 0.29) is 17.9 Å².